The quantitative estimate of drug-likeness (QED) is 0.302. The SMILES string of the molecule is CSSC1CCC(NC(=O)[C@@H](N)CCCCN)CC(N)C1. The van der Waals surface area contributed by atoms with Crippen molar-refractivity contribution in [1.29, 1.82) is 0 Å². The Kier molecular flexibility index (Phi) is 9.75. The number of amides is 1. The molecule has 0 aromatic heterocycles. The summed E-state index contributed by atoms with van der Waals surface area (Å²) in [6.07, 6.45) is 8.60. The second-order valence-corrected chi connectivity index (χ2v) is 8.56. The average Bonchev–Trinajstić information content (AvgIpc) is 2.60. The second-order valence-electron chi connectivity index (χ2n) is 5.79. The zero-order valence-corrected chi connectivity index (χ0v) is 14.6. The maximum atomic E-state index is 12.1. The maximum Gasteiger partial charge on any atom is 0.237 e. The molecule has 0 heterocycles. The average molecular weight is 335 g/mol. The normalized spacial score (nSPS) is 27.9. The van der Waals surface area contributed by atoms with Crippen LogP contribution < -0.4 is 22.5 Å². The second kappa shape index (κ2) is 10.7. The first kappa shape index (κ1) is 19.1. The predicted molar refractivity (Wildman–Crippen MR) is 94.1 cm³/mol. The number of rotatable bonds is 8. The van der Waals surface area contributed by atoms with Gasteiger partial charge in [0.2, 0.25) is 5.91 Å². The van der Waals surface area contributed by atoms with Crippen LogP contribution in [0.25, 0.3) is 0 Å². The van der Waals surface area contributed by atoms with E-state index in [1.54, 1.807) is 10.8 Å². The lowest BCUT2D eigenvalue weighted by molar-refractivity contribution is -0.123. The molecule has 0 aromatic carbocycles. The van der Waals surface area contributed by atoms with E-state index in [0.717, 1.165) is 38.5 Å². The summed E-state index contributed by atoms with van der Waals surface area (Å²) in [7, 11) is 3.69. The Labute approximate surface area is 136 Å². The topological polar surface area (TPSA) is 107 Å². The predicted octanol–water partition coefficient (Wildman–Crippen LogP) is 1.21. The Bertz CT molecular complexity index is 307. The zero-order valence-electron chi connectivity index (χ0n) is 12.9. The van der Waals surface area contributed by atoms with Crippen molar-refractivity contribution in [2.45, 2.75) is 68.3 Å². The summed E-state index contributed by atoms with van der Waals surface area (Å²) in [6.45, 7) is 0.653. The molecule has 0 bridgehead atoms. The van der Waals surface area contributed by atoms with Crippen LogP contribution in [0, 0.1) is 0 Å². The van der Waals surface area contributed by atoms with Crippen molar-refractivity contribution in [3.8, 4) is 0 Å². The molecule has 1 aliphatic carbocycles. The molecule has 0 aliphatic heterocycles. The third-order valence-electron chi connectivity index (χ3n) is 3.87. The van der Waals surface area contributed by atoms with Crippen molar-refractivity contribution < 1.29 is 4.79 Å². The van der Waals surface area contributed by atoms with E-state index in [9.17, 15) is 4.79 Å². The highest BCUT2D eigenvalue weighted by molar-refractivity contribution is 8.76. The summed E-state index contributed by atoms with van der Waals surface area (Å²) in [5.74, 6) is -0.0415. The largest absolute Gasteiger partial charge is 0.352 e. The Morgan fingerprint density at radius 2 is 2.10 bits per heavy atom. The summed E-state index contributed by atoms with van der Waals surface area (Å²) in [5, 5.41) is 3.68. The van der Waals surface area contributed by atoms with Gasteiger partial charge in [-0.25, -0.2) is 0 Å². The molecule has 0 spiro atoms. The minimum atomic E-state index is -0.424. The highest BCUT2D eigenvalue weighted by Gasteiger charge is 2.26. The van der Waals surface area contributed by atoms with E-state index in [1.165, 1.54) is 0 Å². The minimum Gasteiger partial charge on any atom is -0.352 e. The molecular weight excluding hydrogens is 304 g/mol. The van der Waals surface area contributed by atoms with Gasteiger partial charge in [0.25, 0.3) is 0 Å². The molecule has 0 saturated heterocycles. The van der Waals surface area contributed by atoms with Crippen molar-refractivity contribution in [3.05, 3.63) is 0 Å². The molecule has 7 heteroatoms. The number of hydrogen-bond donors (Lipinski definition) is 4. The fourth-order valence-electron chi connectivity index (χ4n) is 2.72. The Balaban J connectivity index is 2.37. The van der Waals surface area contributed by atoms with Gasteiger partial charge in [-0.05, 0) is 51.3 Å². The van der Waals surface area contributed by atoms with Gasteiger partial charge < -0.3 is 22.5 Å². The Morgan fingerprint density at radius 3 is 2.76 bits per heavy atom. The molecule has 1 rings (SSSR count). The first-order valence-corrected chi connectivity index (χ1v) is 10.4. The van der Waals surface area contributed by atoms with Gasteiger partial charge in [-0.15, -0.1) is 0 Å². The van der Waals surface area contributed by atoms with Crippen LogP contribution in [-0.2, 0) is 4.79 Å². The van der Waals surface area contributed by atoms with E-state index in [2.05, 4.69) is 11.6 Å². The van der Waals surface area contributed by atoms with Gasteiger partial charge in [0.05, 0.1) is 6.04 Å². The van der Waals surface area contributed by atoms with Crippen LogP contribution in [-0.4, -0.2) is 42.1 Å². The number of unbranched alkanes of at least 4 members (excludes halogenated alkanes) is 1. The van der Waals surface area contributed by atoms with Gasteiger partial charge in [-0.1, -0.05) is 28.0 Å². The lowest BCUT2D eigenvalue weighted by Gasteiger charge is -2.21. The van der Waals surface area contributed by atoms with Crippen LogP contribution in [0.4, 0.5) is 0 Å². The molecule has 4 atom stereocenters. The van der Waals surface area contributed by atoms with E-state index in [0.29, 0.717) is 18.2 Å². The lowest BCUT2D eigenvalue weighted by atomic mass is 10.0. The third kappa shape index (κ3) is 7.74. The molecule has 3 unspecified atom stereocenters. The van der Waals surface area contributed by atoms with Crippen LogP contribution in [0.2, 0.25) is 0 Å². The summed E-state index contributed by atoms with van der Waals surface area (Å²) in [4.78, 5) is 12.1. The number of carbonyl (C=O) groups is 1. The van der Waals surface area contributed by atoms with Crippen LogP contribution >= 0.6 is 21.6 Å². The number of nitrogens with one attached hydrogen (secondary N) is 1. The van der Waals surface area contributed by atoms with Gasteiger partial charge in [-0.3, -0.25) is 4.79 Å². The van der Waals surface area contributed by atoms with Gasteiger partial charge in [0, 0.05) is 17.3 Å². The molecule has 1 amide bonds. The Hall–Kier alpha value is 0.0500. The highest BCUT2D eigenvalue weighted by Crippen LogP contribution is 2.33. The van der Waals surface area contributed by atoms with Gasteiger partial charge in [0.1, 0.15) is 0 Å². The van der Waals surface area contributed by atoms with Crippen molar-refractivity contribution in [2.75, 3.05) is 12.8 Å². The number of hydrogen-bond acceptors (Lipinski definition) is 6. The molecule has 21 heavy (non-hydrogen) atoms. The number of carbonyl (C=O) groups excluding carboxylic acids is 1. The smallest absolute Gasteiger partial charge is 0.237 e. The van der Waals surface area contributed by atoms with E-state index >= 15 is 0 Å². The summed E-state index contributed by atoms with van der Waals surface area (Å²) in [5.41, 5.74) is 17.6. The molecular formula is C14H30N4OS2. The summed E-state index contributed by atoms with van der Waals surface area (Å²) < 4.78 is 0. The standard InChI is InChI=1S/C14H30N4OS2/c1-20-21-12-6-5-11(8-10(16)9-12)18-14(19)13(17)4-2-3-7-15/h10-13H,2-9,15-17H2,1H3,(H,18,19)/t10?,11?,12?,13-/m0/s1. The summed E-state index contributed by atoms with van der Waals surface area (Å²) in [6, 6.07) is -0.0937. The van der Waals surface area contributed by atoms with Crippen molar-refractivity contribution in [1.82, 2.24) is 5.32 Å². The van der Waals surface area contributed by atoms with E-state index in [4.69, 9.17) is 17.2 Å². The fraction of sp³-hybridized carbons (Fsp3) is 0.929. The van der Waals surface area contributed by atoms with Gasteiger partial charge in [-0.2, -0.15) is 0 Å². The van der Waals surface area contributed by atoms with Crippen LogP contribution in [0.15, 0.2) is 0 Å². The van der Waals surface area contributed by atoms with Crippen LogP contribution in [0.3, 0.4) is 0 Å². The van der Waals surface area contributed by atoms with Crippen molar-refractivity contribution >= 4 is 27.5 Å². The van der Waals surface area contributed by atoms with E-state index in [-0.39, 0.29) is 18.0 Å². The number of nitrogens with two attached hydrogens (primary N) is 3. The highest BCUT2D eigenvalue weighted by atomic mass is 33.1. The lowest BCUT2D eigenvalue weighted by Crippen LogP contribution is -2.46. The van der Waals surface area contributed by atoms with Crippen LogP contribution in [0.5, 0.6) is 0 Å². The molecule has 0 aromatic rings. The Morgan fingerprint density at radius 1 is 1.33 bits per heavy atom. The van der Waals surface area contributed by atoms with Gasteiger partial charge in [0.15, 0.2) is 0 Å². The van der Waals surface area contributed by atoms with Crippen LogP contribution in [0.1, 0.15) is 44.9 Å². The zero-order chi connectivity index (χ0) is 15.7. The molecule has 5 nitrogen and oxygen atoms in total. The van der Waals surface area contributed by atoms with Crippen molar-refractivity contribution in [3.63, 3.8) is 0 Å². The fourth-order valence-corrected chi connectivity index (χ4v) is 4.90. The molecule has 124 valence electrons. The van der Waals surface area contributed by atoms with Crippen molar-refractivity contribution in [2.24, 2.45) is 17.2 Å². The van der Waals surface area contributed by atoms with E-state index < -0.39 is 6.04 Å². The van der Waals surface area contributed by atoms with Gasteiger partial charge >= 0.3 is 0 Å². The minimum absolute atomic E-state index is 0.0415. The first-order valence-electron chi connectivity index (χ1n) is 7.77. The monoisotopic (exact) mass is 334 g/mol. The third-order valence-corrected chi connectivity index (χ3v) is 6.16. The molecule has 7 N–H and O–H groups in total. The molecule has 1 saturated carbocycles. The molecule has 0 radical (unpaired) electrons. The molecule has 1 aliphatic rings. The summed E-state index contributed by atoms with van der Waals surface area (Å²) >= 11 is 0. The molecule has 1 fully saturated rings. The van der Waals surface area contributed by atoms with E-state index in [1.807, 2.05) is 10.8 Å². The first-order chi connectivity index (χ1) is 10.1. The maximum absolute atomic E-state index is 12.1.